The van der Waals surface area contributed by atoms with E-state index in [1.807, 2.05) is 6.92 Å². The molecule has 1 aromatic heterocycles. The number of anilines is 1. The molecule has 7 heteroatoms. The molecule has 0 bridgehead atoms. The van der Waals surface area contributed by atoms with E-state index < -0.39 is 11.0 Å². The molecule has 17 heavy (non-hydrogen) atoms. The summed E-state index contributed by atoms with van der Waals surface area (Å²) in [5, 5.41) is 23.0. The fourth-order valence-electron chi connectivity index (χ4n) is 1.31. The summed E-state index contributed by atoms with van der Waals surface area (Å²) >= 11 is 3.19. The van der Waals surface area contributed by atoms with Crippen LogP contribution in [0.3, 0.4) is 0 Å². The summed E-state index contributed by atoms with van der Waals surface area (Å²) in [5.41, 5.74) is -0.0727. The lowest BCUT2D eigenvalue weighted by atomic mass is 10.2. The molecule has 0 amide bonds. The Labute approximate surface area is 107 Å². The van der Waals surface area contributed by atoms with Crippen LogP contribution >= 0.6 is 15.9 Å². The maximum Gasteiger partial charge on any atom is 0.288 e. The van der Waals surface area contributed by atoms with Crippen LogP contribution in [0.5, 0.6) is 0 Å². The van der Waals surface area contributed by atoms with Crippen LogP contribution < -0.4 is 5.32 Å². The van der Waals surface area contributed by atoms with Crippen molar-refractivity contribution in [2.24, 2.45) is 0 Å². The first-order chi connectivity index (χ1) is 8.04. The minimum absolute atomic E-state index is 0.0727. The Morgan fingerprint density at radius 2 is 2.41 bits per heavy atom. The molecular formula is C10H14BrN3O3. The van der Waals surface area contributed by atoms with Crippen LogP contribution in [0.2, 0.25) is 0 Å². The van der Waals surface area contributed by atoms with Gasteiger partial charge in [0.25, 0.3) is 5.69 Å². The van der Waals surface area contributed by atoms with Gasteiger partial charge >= 0.3 is 0 Å². The lowest BCUT2D eigenvalue weighted by Gasteiger charge is -2.11. The zero-order chi connectivity index (χ0) is 12.8. The molecule has 0 aliphatic rings. The number of pyridine rings is 1. The van der Waals surface area contributed by atoms with Crippen LogP contribution in [0.15, 0.2) is 16.7 Å². The van der Waals surface area contributed by atoms with Gasteiger partial charge in [0.05, 0.1) is 15.5 Å². The number of hydrogen-bond acceptors (Lipinski definition) is 5. The topological polar surface area (TPSA) is 88.3 Å². The number of rotatable bonds is 6. The first kappa shape index (κ1) is 13.9. The Kier molecular flexibility index (Phi) is 5.30. The van der Waals surface area contributed by atoms with Gasteiger partial charge in [-0.2, -0.15) is 0 Å². The van der Waals surface area contributed by atoms with Crippen LogP contribution in [0, 0.1) is 10.1 Å². The molecule has 1 aromatic rings. The van der Waals surface area contributed by atoms with Crippen molar-refractivity contribution in [3.8, 4) is 0 Å². The van der Waals surface area contributed by atoms with E-state index in [2.05, 4.69) is 26.2 Å². The standard InChI is InChI=1S/C10H14BrN3O3/c1-2-3-8(15)6-13-10-9(11)4-7(5-12-10)14(16)17/h4-5,8,15H,2-3,6H2,1H3,(H,12,13). The molecule has 6 nitrogen and oxygen atoms in total. The third-order valence-electron chi connectivity index (χ3n) is 2.16. The Morgan fingerprint density at radius 1 is 1.71 bits per heavy atom. The van der Waals surface area contributed by atoms with E-state index >= 15 is 0 Å². The number of aliphatic hydroxyl groups is 1. The fourth-order valence-corrected chi connectivity index (χ4v) is 1.78. The smallest absolute Gasteiger partial charge is 0.288 e. The lowest BCUT2D eigenvalue weighted by molar-refractivity contribution is -0.385. The molecule has 1 rings (SSSR count). The summed E-state index contributed by atoms with van der Waals surface area (Å²) in [6, 6.07) is 1.38. The lowest BCUT2D eigenvalue weighted by Crippen LogP contribution is -2.19. The molecule has 0 aliphatic carbocycles. The molecular weight excluding hydrogens is 290 g/mol. The SMILES string of the molecule is CCCC(O)CNc1ncc([N+](=O)[O-])cc1Br. The summed E-state index contributed by atoms with van der Waals surface area (Å²) < 4.78 is 0.510. The Balaban J connectivity index is 2.63. The highest BCUT2D eigenvalue weighted by Gasteiger charge is 2.11. The van der Waals surface area contributed by atoms with Crippen molar-refractivity contribution in [3.05, 3.63) is 26.9 Å². The van der Waals surface area contributed by atoms with Crippen LogP contribution in [-0.2, 0) is 0 Å². The van der Waals surface area contributed by atoms with E-state index in [4.69, 9.17) is 0 Å². The minimum atomic E-state index is -0.506. The van der Waals surface area contributed by atoms with Gasteiger partial charge in [-0.1, -0.05) is 13.3 Å². The van der Waals surface area contributed by atoms with E-state index in [0.29, 0.717) is 23.3 Å². The number of nitrogens with zero attached hydrogens (tertiary/aromatic N) is 2. The van der Waals surface area contributed by atoms with Crippen molar-refractivity contribution in [3.63, 3.8) is 0 Å². The van der Waals surface area contributed by atoms with Gasteiger partial charge in [0.2, 0.25) is 0 Å². The van der Waals surface area contributed by atoms with Gasteiger partial charge in [0.15, 0.2) is 0 Å². The molecule has 1 unspecified atom stereocenters. The third-order valence-corrected chi connectivity index (χ3v) is 2.77. The van der Waals surface area contributed by atoms with Crippen molar-refractivity contribution in [1.29, 1.82) is 0 Å². The summed E-state index contributed by atoms with van der Waals surface area (Å²) in [4.78, 5) is 13.9. The molecule has 1 atom stereocenters. The summed E-state index contributed by atoms with van der Waals surface area (Å²) in [6.07, 6.45) is 2.35. The second kappa shape index (κ2) is 6.51. The van der Waals surface area contributed by atoms with Gasteiger partial charge in [0.1, 0.15) is 12.0 Å². The molecule has 0 fully saturated rings. The van der Waals surface area contributed by atoms with E-state index in [-0.39, 0.29) is 5.69 Å². The maximum atomic E-state index is 10.5. The molecule has 0 saturated heterocycles. The summed E-state index contributed by atoms with van der Waals surface area (Å²) in [5.74, 6) is 0.491. The largest absolute Gasteiger partial charge is 0.391 e. The Morgan fingerprint density at radius 3 is 2.94 bits per heavy atom. The van der Waals surface area contributed by atoms with Gasteiger partial charge in [-0.05, 0) is 22.4 Å². The highest BCUT2D eigenvalue weighted by molar-refractivity contribution is 9.10. The van der Waals surface area contributed by atoms with Gasteiger partial charge in [-0.15, -0.1) is 0 Å². The second-order valence-electron chi connectivity index (χ2n) is 3.60. The summed E-state index contributed by atoms with van der Waals surface area (Å²) in [6.45, 7) is 2.36. The number of halogens is 1. The highest BCUT2D eigenvalue weighted by atomic mass is 79.9. The molecule has 0 aliphatic heterocycles. The molecule has 0 aromatic carbocycles. The Hall–Kier alpha value is -1.21. The predicted octanol–water partition coefficient (Wildman–Crippen LogP) is 2.33. The first-order valence-corrected chi connectivity index (χ1v) is 6.05. The molecule has 94 valence electrons. The molecule has 2 N–H and O–H groups in total. The van der Waals surface area contributed by atoms with Crippen LogP contribution in [0.1, 0.15) is 19.8 Å². The maximum absolute atomic E-state index is 10.5. The number of nitrogens with one attached hydrogen (secondary N) is 1. The van der Waals surface area contributed by atoms with E-state index in [9.17, 15) is 15.2 Å². The van der Waals surface area contributed by atoms with Crippen LogP contribution in [0.25, 0.3) is 0 Å². The number of aliphatic hydroxyl groups excluding tert-OH is 1. The Bertz CT molecular complexity index is 400. The van der Waals surface area contributed by atoms with Crippen molar-refractivity contribution >= 4 is 27.4 Å². The van der Waals surface area contributed by atoms with Crippen LogP contribution in [0.4, 0.5) is 11.5 Å². The van der Waals surface area contributed by atoms with Crippen molar-refractivity contribution in [1.82, 2.24) is 4.98 Å². The number of nitro groups is 1. The second-order valence-corrected chi connectivity index (χ2v) is 4.46. The monoisotopic (exact) mass is 303 g/mol. The quantitative estimate of drug-likeness (QED) is 0.622. The molecule has 0 saturated carbocycles. The average Bonchev–Trinajstić information content (AvgIpc) is 2.27. The summed E-state index contributed by atoms with van der Waals surface area (Å²) in [7, 11) is 0. The predicted molar refractivity (Wildman–Crippen MR) is 68.0 cm³/mol. The average molecular weight is 304 g/mol. The third kappa shape index (κ3) is 4.27. The van der Waals surface area contributed by atoms with Crippen LogP contribution in [-0.4, -0.2) is 27.7 Å². The van der Waals surface area contributed by atoms with E-state index in [0.717, 1.165) is 6.42 Å². The normalized spacial score (nSPS) is 12.2. The highest BCUT2D eigenvalue weighted by Crippen LogP contribution is 2.24. The van der Waals surface area contributed by atoms with Gasteiger partial charge in [-0.3, -0.25) is 10.1 Å². The number of hydrogen-bond donors (Lipinski definition) is 2. The van der Waals surface area contributed by atoms with Gasteiger partial charge in [0, 0.05) is 12.6 Å². The van der Waals surface area contributed by atoms with E-state index in [1.165, 1.54) is 12.3 Å². The molecule has 1 heterocycles. The minimum Gasteiger partial charge on any atom is -0.391 e. The molecule has 0 spiro atoms. The van der Waals surface area contributed by atoms with Gasteiger partial charge in [-0.25, -0.2) is 4.98 Å². The van der Waals surface area contributed by atoms with Gasteiger partial charge < -0.3 is 10.4 Å². The fraction of sp³-hybridized carbons (Fsp3) is 0.500. The zero-order valence-corrected chi connectivity index (χ0v) is 11.0. The van der Waals surface area contributed by atoms with Crippen molar-refractivity contribution in [2.75, 3.05) is 11.9 Å². The number of aromatic nitrogens is 1. The first-order valence-electron chi connectivity index (χ1n) is 5.26. The zero-order valence-electron chi connectivity index (χ0n) is 9.39. The molecule has 0 radical (unpaired) electrons. The van der Waals surface area contributed by atoms with Crippen molar-refractivity contribution < 1.29 is 10.0 Å². The van der Waals surface area contributed by atoms with Crippen molar-refractivity contribution in [2.45, 2.75) is 25.9 Å². The van der Waals surface area contributed by atoms with E-state index in [1.54, 1.807) is 0 Å².